The fourth-order valence-electron chi connectivity index (χ4n) is 2.94. The van der Waals surface area contributed by atoms with Gasteiger partial charge in [-0.2, -0.15) is 0 Å². The standard InChI is InChI=1S/C18H30N2O/c1-4-12-19-18(14-20(2)13-15-6-5-7-15)16-8-10-17(21-3)11-9-16/h8-11,15,18-19H,4-7,12-14H2,1-3H3. The van der Waals surface area contributed by atoms with Crippen molar-refractivity contribution in [1.82, 2.24) is 10.2 Å². The van der Waals surface area contributed by atoms with E-state index < -0.39 is 0 Å². The molecule has 3 nitrogen and oxygen atoms in total. The number of ether oxygens (including phenoxy) is 1. The van der Waals surface area contributed by atoms with E-state index in [0.717, 1.165) is 24.8 Å². The van der Waals surface area contributed by atoms with E-state index in [1.165, 1.54) is 37.8 Å². The van der Waals surface area contributed by atoms with Crippen molar-refractivity contribution in [2.75, 3.05) is 33.8 Å². The van der Waals surface area contributed by atoms with Crippen molar-refractivity contribution in [3.05, 3.63) is 29.8 Å². The highest BCUT2D eigenvalue weighted by Gasteiger charge is 2.21. The quantitative estimate of drug-likeness (QED) is 0.753. The molecule has 0 aromatic heterocycles. The summed E-state index contributed by atoms with van der Waals surface area (Å²) in [6.45, 7) is 5.59. The molecule has 0 spiro atoms. The second-order valence-electron chi connectivity index (χ2n) is 6.30. The van der Waals surface area contributed by atoms with Crippen molar-refractivity contribution >= 4 is 0 Å². The molecule has 0 saturated heterocycles. The van der Waals surface area contributed by atoms with E-state index >= 15 is 0 Å². The van der Waals surface area contributed by atoms with Crippen LogP contribution in [-0.2, 0) is 0 Å². The Balaban J connectivity index is 1.94. The van der Waals surface area contributed by atoms with Crippen LogP contribution in [0.1, 0.15) is 44.2 Å². The van der Waals surface area contributed by atoms with Gasteiger partial charge in [-0.25, -0.2) is 0 Å². The topological polar surface area (TPSA) is 24.5 Å². The smallest absolute Gasteiger partial charge is 0.118 e. The number of rotatable bonds is 9. The minimum absolute atomic E-state index is 0.404. The van der Waals surface area contributed by atoms with E-state index in [2.05, 4.69) is 48.5 Å². The lowest BCUT2D eigenvalue weighted by Gasteiger charge is -2.32. The maximum atomic E-state index is 5.26. The molecule has 1 aliphatic carbocycles. The van der Waals surface area contributed by atoms with E-state index in [4.69, 9.17) is 4.74 Å². The van der Waals surface area contributed by atoms with Crippen LogP contribution in [0.3, 0.4) is 0 Å². The molecular formula is C18H30N2O. The third-order valence-corrected chi connectivity index (χ3v) is 4.45. The number of hydrogen-bond donors (Lipinski definition) is 1. The van der Waals surface area contributed by atoms with Crippen LogP contribution >= 0.6 is 0 Å². The molecule has 3 heteroatoms. The molecule has 1 aliphatic rings. The summed E-state index contributed by atoms with van der Waals surface area (Å²) in [6.07, 6.45) is 5.42. The second-order valence-corrected chi connectivity index (χ2v) is 6.30. The van der Waals surface area contributed by atoms with Gasteiger partial charge in [0.1, 0.15) is 5.75 Å². The SMILES string of the molecule is CCCNC(CN(C)CC1CCC1)c1ccc(OC)cc1. The van der Waals surface area contributed by atoms with Crippen LogP contribution in [0.25, 0.3) is 0 Å². The summed E-state index contributed by atoms with van der Waals surface area (Å²) in [4.78, 5) is 2.49. The predicted octanol–water partition coefficient (Wildman–Crippen LogP) is 3.47. The Bertz CT molecular complexity index is 400. The Hall–Kier alpha value is -1.06. The second kappa shape index (κ2) is 8.40. The minimum atomic E-state index is 0.404. The van der Waals surface area contributed by atoms with Gasteiger partial charge in [0.15, 0.2) is 0 Å². The first-order valence-corrected chi connectivity index (χ1v) is 8.28. The van der Waals surface area contributed by atoms with Crippen molar-refractivity contribution in [2.45, 2.75) is 38.6 Å². The van der Waals surface area contributed by atoms with Gasteiger partial charge in [-0.15, -0.1) is 0 Å². The molecule has 0 bridgehead atoms. The zero-order chi connectivity index (χ0) is 15.1. The Morgan fingerprint density at radius 1 is 1.29 bits per heavy atom. The molecule has 1 atom stereocenters. The summed E-state index contributed by atoms with van der Waals surface area (Å²) >= 11 is 0. The van der Waals surface area contributed by atoms with E-state index in [1.807, 2.05) is 0 Å². The van der Waals surface area contributed by atoms with Crippen molar-refractivity contribution in [1.29, 1.82) is 0 Å². The maximum Gasteiger partial charge on any atom is 0.118 e. The van der Waals surface area contributed by atoms with Gasteiger partial charge in [0.05, 0.1) is 7.11 Å². The van der Waals surface area contributed by atoms with Gasteiger partial charge >= 0.3 is 0 Å². The van der Waals surface area contributed by atoms with Crippen molar-refractivity contribution < 1.29 is 4.74 Å². The summed E-state index contributed by atoms with van der Waals surface area (Å²) in [5, 5.41) is 3.68. The molecule has 21 heavy (non-hydrogen) atoms. The maximum absolute atomic E-state index is 5.26. The third kappa shape index (κ3) is 5.01. The van der Waals surface area contributed by atoms with Gasteiger partial charge in [0, 0.05) is 19.1 Å². The highest BCUT2D eigenvalue weighted by molar-refractivity contribution is 5.29. The molecule has 1 aromatic rings. The number of nitrogens with zero attached hydrogens (tertiary/aromatic N) is 1. The molecule has 1 N–H and O–H groups in total. The van der Waals surface area contributed by atoms with Gasteiger partial charge in [-0.05, 0) is 56.5 Å². The zero-order valence-electron chi connectivity index (χ0n) is 13.8. The van der Waals surface area contributed by atoms with E-state index in [-0.39, 0.29) is 0 Å². The Morgan fingerprint density at radius 3 is 2.52 bits per heavy atom. The van der Waals surface area contributed by atoms with Gasteiger partial charge < -0.3 is 15.0 Å². The molecule has 1 unspecified atom stereocenters. The van der Waals surface area contributed by atoms with Crippen LogP contribution in [0.15, 0.2) is 24.3 Å². The highest BCUT2D eigenvalue weighted by Crippen LogP contribution is 2.27. The molecule has 0 amide bonds. The van der Waals surface area contributed by atoms with Gasteiger partial charge in [-0.3, -0.25) is 0 Å². The fourth-order valence-corrected chi connectivity index (χ4v) is 2.94. The normalized spacial score (nSPS) is 16.8. The Kier molecular flexibility index (Phi) is 6.52. The molecule has 1 aromatic carbocycles. The van der Waals surface area contributed by atoms with Crippen LogP contribution < -0.4 is 10.1 Å². The van der Waals surface area contributed by atoms with Gasteiger partial charge in [0.25, 0.3) is 0 Å². The lowest BCUT2D eigenvalue weighted by molar-refractivity contribution is 0.191. The number of methoxy groups -OCH3 is 1. The fraction of sp³-hybridized carbons (Fsp3) is 0.667. The summed E-state index contributed by atoms with van der Waals surface area (Å²) in [7, 11) is 3.97. The highest BCUT2D eigenvalue weighted by atomic mass is 16.5. The minimum Gasteiger partial charge on any atom is -0.497 e. The Morgan fingerprint density at radius 2 is 2.00 bits per heavy atom. The number of nitrogens with one attached hydrogen (secondary N) is 1. The summed E-state index contributed by atoms with van der Waals surface area (Å²) in [6, 6.07) is 8.89. The zero-order valence-corrected chi connectivity index (χ0v) is 13.8. The van der Waals surface area contributed by atoms with Crippen LogP contribution in [0.2, 0.25) is 0 Å². The molecule has 1 fully saturated rings. The molecule has 2 rings (SSSR count). The molecule has 0 heterocycles. The average Bonchev–Trinajstić information content (AvgIpc) is 2.47. The van der Waals surface area contributed by atoms with Crippen LogP contribution in [0.4, 0.5) is 0 Å². The molecular weight excluding hydrogens is 260 g/mol. The van der Waals surface area contributed by atoms with Crippen LogP contribution in [-0.4, -0.2) is 38.7 Å². The monoisotopic (exact) mass is 290 g/mol. The first-order chi connectivity index (χ1) is 10.2. The summed E-state index contributed by atoms with van der Waals surface area (Å²) in [5.41, 5.74) is 1.35. The van der Waals surface area contributed by atoms with Gasteiger partial charge in [0.2, 0.25) is 0 Å². The van der Waals surface area contributed by atoms with Crippen molar-refractivity contribution in [3.63, 3.8) is 0 Å². The van der Waals surface area contributed by atoms with E-state index in [9.17, 15) is 0 Å². The predicted molar refractivity (Wildman–Crippen MR) is 88.9 cm³/mol. The van der Waals surface area contributed by atoms with E-state index in [0.29, 0.717) is 6.04 Å². The van der Waals surface area contributed by atoms with E-state index in [1.54, 1.807) is 7.11 Å². The molecule has 118 valence electrons. The summed E-state index contributed by atoms with van der Waals surface area (Å²) < 4.78 is 5.26. The first-order valence-electron chi connectivity index (χ1n) is 8.28. The first kappa shape index (κ1) is 16.3. The van der Waals surface area contributed by atoms with Crippen molar-refractivity contribution in [2.24, 2.45) is 5.92 Å². The van der Waals surface area contributed by atoms with Crippen LogP contribution in [0.5, 0.6) is 5.75 Å². The number of hydrogen-bond acceptors (Lipinski definition) is 3. The lowest BCUT2D eigenvalue weighted by Crippen LogP contribution is -2.37. The molecule has 0 aliphatic heterocycles. The number of benzene rings is 1. The lowest BCUT2D eigenvalue weighted by atomic mass is 9.85. The van der Waals surface area contributed by atoms with Crippen molar-refractivity contribution in [3.8, 4) is 5.75 Å². The average molecular weight is 290 g/mol. The van der Waals surface area contributed by atoms with Crippen LogP contribution in [0, 0.1) is 5.92 Å². The number of likely N-dealkylation sites (N-methyl/N-ethyl adjacent to an activating group) is 1. The molecule has 0 radical (unpaired) electrons. The molecule has 1 saturated carbocycles. The van der Waals surface area contributed by atoms with Gasteiger partial charge in [-0.1, -0.05) is 25.5 Å². The largest absolute Gasteiger partial charge is 0.497 e. The summed E-state index contributed by atoms with van der Waals surface area (Å²) in [5.74, 6) is 1.86. The Labute approximate surface area is 129 Å². The third-order valence-electron chi connectivity index (χ3n) is 4.45.